The fourth-order valence-corrected chi connectivity index (χ4v) is 2.95. The molecule has 1 heterocycles. The normalized spacial score (nSPS) is 15.9. The molecule has 0 N–H and O–H groups in total. The predicted molar refractivity (Wildman–Crippen MR) is 92.5 cm³/mol. The summed E-state index contributed by atoms with van der Waals surface area (Å²) in [6, 6.07) is 3.33. The van der Waals surface area contributed by atoms with Crippen LogP contribution in [-0.2, 0) is 21.5 Å². The fraction of sp³-hybridized carbons (Fsp3) is 0.526. The first kappa shape index (κ1) is 18.2. The third kappa shape index (κ3) is 3.07. The second-order valence-electron chi connectivity index (χ2n) is 7.78. The van der Waals surface area contributed by atoms with E-state index in [1.807, 2.05) is 13.8 Å². The van der Waals surface area contributed by atoms with Gasteiger partial charge in [-0.25, -0.2) is 4.79 Å². The average molecular weight is 330 g/mol. The van der Waals surface area contributed by atoms with Gasteiger partial charge in [0.25, 0.3) is 0 Å². The van der Waals surface area contributed by atoms with Gasteiger partial charge in [0, 0.05) is 6.04 Å². The lowest BCUT2D eigenvalue weighted by molar-refractivity contribution is -0.144. The highest BCUT2D eigenvalue weighted by Crippen LogP contribution is 2.28. The molecular formula is C19H26N2O3. The summed E-state index contributed by atoms with van der Waals surface area (Å²) in [5.74, 6) is -1.48. The molecule has 1 fully saturated rings. The molecule has 1 aromatic rings. The topological polar surface area (TPSA) is 57.7 Å². The lowest BCUT2D eigenvalue weighted by Crippen LogP contribution is -2.38. The number of carbonyl (C=O) groups is 3. The van der Waals surface area contributed by atoms with E-state index in [1.54, 1.807) is 13.8 Å². The quantitative estimate of drug-likeness (QED) is 0.631. The zero-order valence-corrected chi connectivity index (χ0v) is 15.6. The molecule has 1 aliphatic heterocycles. The van der Waals surface area contributed by atoms with E-state index in [9.17, 15) is 14.4 Å². The molecule has 1 aromatic carbocycles. The van der Waals surface area contributed by atoms with Gasteiger partial charge in [-0.3, -0.25) is 19.4 Å². The molecule has 0 radical (unpaired) electrons. The summed E-state index contributed by atoms with van der Waals surface area (Å²) < 4.78 is 0. The number of amides is 4. The molecule has 2 rings (SSSR count). The maximum atomic E-state index is 12.4. The number of imide groups is 2. The van der Waals surface area contributed by atoms with Crippen molar-refractivity contribution in [3.63, 3.8) is 0 Å². The Bertz CT molecular complexity index is 691. The Kier molecular flexibility index (Phi) is 4.57. The number of carbonyl (C=O) groups excluding carboxylic acids is 3. The molecule has 1 saturated heterocycles. The summed E-state index contributed by atoms with van der Waals surface area (Å²) >= 11 is 0. The monoisotopic (exact) mass is 330 g/mol. The smallest absolute Gasteiger partial charge is 0.263 e. The summed E-state index contributed by atoms with van der Waals surface area (Å²) in [6.45, 7) is 14.0. The largest absolute Gasteiger partial charge is 0.334 e. The summed E-state index contributed by atoms with van der Waals surface area (Å²) in [4.78, 5) is 38.7. The van der Waals surface area contributed by atoms with Crippen molar-refractivity contribution in [2.45, 2.75) is 66.5 Å². The van der Waals surface area contributed by atoms with Crippen molar-refractivity contribution in [3.05, 3.63) is 34.4 Å². The molecule has 5 nitrogen and oxygen atoms in total. The van der Waals surface area contributed by atoms with E-state index < -0.39 is 17.8 Å². The molecule has 5 heteroatoms. The molecule has 0 spiro atoms. The molecule has 130 valence electrons. The Morgan fingerprint density at radius 2 is 1.46 bits per heavy atom. The van der Waals surface area contributed by atoms with Gasteiger partial charge in [-0.15, -0.1) is 0 Å². The second kappa shape index (κ2) is 6.04. The minimum Gasteiger partial charge on any atom is -0.263 e. The maximum Gasteiger partial charge on any atom is 0.334 e. The van der Waals surface area contributed by atoms with Gasteiger partial charge in [0.1, 0.15) is 0 Å². The first-order valence-electron chi connectivity index (χ1n) is 8.24. The van der Waals surface area contributed by atoms with Gasteiger partial charge < -0.3 is 0 Å². The second-order valence-corrected chi connectivity index (χ2v) is 7.78. The first-order chi connectivity index (χ1) is 10.9. The molecule has 0 aromatic heterocycles. The first-order valence-corrected chi connectivity index (χ1v) is 8.24. The van der Waals surface area contributed by atoms with Gasteiger partial charge in [-0.2, -0.15) is 0 Å². The standard InChI is InChI=1S/C19H26N2O3/c1-11(2)21-17(23)16(22)20(18(21)24)10-15-12(3)8-14(9-13(15)4)19(5,6)7/h8-9,11H,10H2,1-7H3. The Morgan fingerprint density at radius 3 is 1.83 bits per heavy atom. The molecule has 0 saturated carbocycles. The van der Waals surface area contributed by atoms with E-state index in [1.165, 1.54) is 5.56 Å². The highest BCUT2D eigenvalue weighted by Gasteiger charge is 2.45. The van der Waals surface area contributed by atoms with Crippen LogP contribution in [-0.4, -0.2) is 33.7 Å². The highest BCUT2D eigenvalue weighted by molar-refractivity contribution is 6.44. The number of aryl methyl sites for hydroxylation is 2. The third-order valence-electron chi connectivity index (χ3n) is 4.48. The van der Waals surface area contributed by atoms with Crippen molar-refractivity contribution in [3.8, 4) is 0 Å². The van der Waals surface area contributed by atoms with Crippen LogP contribution in [0.3, 0.4) is 0 Å². The molecule has 1 aliphatic rings. The van der Waals surface area contributed by atoms with E-state index in [-0.39, 0.29) is 18.0 Å². The van der Waals surface area contributed by atoms with Crippen molar-refractivity contribution < 1.29 is 14.4 Å². The lowest BCUT2D eigenvalue weighted by Gasteiger charge is -2.24. The third-order valence-corrected chi connectivity index (χ3v) is 4.48. The van der Waals surface area contributed by atoms with Crippen LogP contribution in [0.15, 0.2) is 12.1 Å². The van der Waals surface area contributed by atoms with Crippen LogP contribution < -0.4 is 0 Å². The number of urea groups is 1. The number of hydrogen-bond donors (Lipinski definition) is 0. The Morgan fingerprint density at radius 1 is 0.958 bits per heavy atom. The molecule has 0 atom stereocenters. The van der Waals surface area contributed by atoms with Gasteiger partial charge in [0.15, 0.2) is 0 Å². The van der Waals surface area contributed by atoms with E-state index in [4.69, 9.17) is 0 Å². The molecule has 4 amide bonds. The van der Waals surface area contributed by atoms with Crippen molar-refractivity contribution in [2.24, 2.45) is 0 Å². The Hall–Kier alpha value is -2.17. The van der Waals surface area contributed by atoms with Crippen LogP contribution >= 0.6 is 0 Å². The minimum atomic E-state index is -0.743. The highest BCUT2D eigenvalue weighted by atomic mass is 16.2. The number of rotatable bonds is 3. The number of hydrogen-bond acceptors (Lipinski definition) is 3. The van der Waals surface area contributed by atoms with Crippen LogP contribution in [0, 0.1) is 13.8 Å². The summed E-state index contributed by atoms with van der Waals surface area (Å²) in [6.07, 6.45) is 0. The van der Waals surface area contributed by atoms with Crippen molar-refractivity contribution in [1.29, 1.82) is 0 Å². The average Bonchev–Trinajstić information content (AvgIpc) is 2.64. The van der Waals surface area contributed by atoms with E-state index in [0.29, 0.717) is 0 Å². The summed E-state index contributed by atoms with van der Waals surface area (Å²) in [5.41, 5.74) is 4.20. The fourth-order valence-electron chi connectivity index (χ4n) is 2.95. The van der Waals surface area contributed by atoms with E-state index in [2.05, 4.69) is 32.9 Å². The molecular weight excluding hydrogens is 304 g/mol. The number of nitrogens with zero attached hydrogens (tertiary/aromatic N) is 2. The zero-order valence-electron chi connectivity index (χ0n) is 15.6. The zero-order chi connectivity index (χ0) is 18.4. The Balaban J connectivity index is 2.37. The molecule has 24 heavy (non-hydrogen) atoms. The van der Waals surface area contributed by atoms with E-state index >= 15 is 0 Å². The van der Waals surface area contributed by atoms with Crippen molar-refractivity contribution >= 4 is 17.8 Å². The molecule has 0 unspecified atom stereocenters. The van der Waals surface area contributed by atoms with Crippen LogP contribution in [0.25, 0.3) is 0 Å². The van der Waals surface area contributed by atoms with Gasteiger partial charge >= 0.3 is 17.8 Å². The summed E-state index contributed by atoms with van der Waals surface area (Å²) in [7, 11) is 0. The Labute approximate surface area is 143 Å². The minimum absolute atomic E-state index is 0.0255. The van der Waals surface area contributed by atoms with Crippen LogP contribution in [0.5, 0.6) is 0 Å². The van der Waals surface area contributed by atoms with Crippen LogP contribution in [0.2, 0.25) is 0 Å². The molecule has 0 bridgehead atoms. The van der Waals surface area contributed by atoms with Crippen molar-refractivity contribution in [2.75, 3.05) is 0 Å². The van der Waals surface area contributed by atoms with Gasteiger partial charge in [-0.1, -0.05) is 32.9 Å². The molecule has 0 aliphatic carbocycles. The lowest BCUT2D eigenvalue weighted by atomic mass is 9.84. The number of benzene rings is 1. The van der Waals surface area contributed by atoms with Crippen LogP contribution in [0.4, 0.5) is 4.79 Å². The van der Waals surface area contributed by atoms with Crippen LogP contribution in [0.1, 0.15) is 56.9 Å². The SMILES string of the molecule is Cc1cc(C(C)(C)C)cc(C)c1CN1C(=O)C(=O)N(C(C)C)C1=O. The van der Waals surface area contributed by atoms with Crippen molar-refractivity contribution in [1.82, 2.24) is 9.80 Å². The van der Waals surface area contributed by atoms with E-state index in [0.717, 1.165) is 26.5 Å². The predicted octanol–water partition coefficient (Wildman–Crippen LogP) is 3.30. The van der Waals surface area contributed by atoms with Gasteiger partial charge in [-0.05, 0) is 55.4 Å². The maximum absolute atomic E-state index is 12.4. The summed E-state index contributed by atoms with van der Waals surface area (Å²) in [5, 5.41) is 0. The van der Waals surface area contributed by atoms with Gasteiger partial charge in [0.2, 0.25) is 0 Å². The van der Waals surface area contributed by atoms with Gasteiger partial charge in [0.05, 0.1) is 6.54 Å².